The number of halogens is 1. The van der Waals surface area contributed by atoms with Gasteiger partial charge >= 0.3 is 0 Å². The Hall–Kier alpha value is -1.40. The number of nitrogens with zero attached hydrogens (tertiary/aromatic N) is 1. The number of hydrogen-bond acceptors (Lipinski definition) is 4. The van der Waals surface area contributed by atoms with E-state index in [1.165, 1.54) is 0 Å². The fraction of sp³-hybridized carbons (Fsp3) is 0.467. The van der Waals surface area contributed by atoms with E-state index in [-0.39, 0.29) is 6.10 Å². The van der Waals surface area contributed by atoms with Crippen LogP contribution in [0.4, 0.5) is 11.4 Å². The van der Waals surface area contributed by atoms with Gasteiger partial charge in [-0.15, -0.1) is 0 Å². The van der Waals surface area contributed by atoms with Crippen LogP contribution in [-0.2, 0) is 9.53 Å². The third kappa shape index (κ3) is 2.70. The fourth-order valence-electron chi connectivity index (χ4n) is 2.83. The van der Waals surface area contributed by atoms with E-state index in [0.717, 1.165) is 42.7 Å². The Kier molecular flexibility index (Phi) is 3.99. The lowest BCUT2D eigenvalue weighted by molar-refractivity contribution is -0.112. The van der Waals surface area contributed by atoms with Crippen LogP contribution in [0.15, 0.2) is 16.6 Å². The van der Waals surface area contributed by atoms with E-state index in [1.807, 2.05) is 6.07 Å². The topological polar surface area (TPSA) is 58.6 Å². The van der Waals surface area contributed by atoms with Crippen molar-refractivity contribution in [2.24, 2.45) is 0 Å². The van der Waals surface area contributed by atoms with Crippen molar-refractivity contribution in [1.82, 2.24) is 0 Å². The molecule has 0 aliphatic carbocycles. The van der Waals surface area contributed by atoms with E-state index >= 15 is 0 Å². The van der Waals surface area contributed by atoms with Crippen LogP contribution < -0.4 is 10.2 Å². The molecule has 1 aromatic carbocycles. The van der Waals surface area contributed by atoms with Crippen molar-refractivity contribution in [2.45, 2.75) is 25.9 Å². The van der Waals surface area contributed by atoms with E-state index in [1.54, 1.807) is 6.07 Å². The van der Waals surface area contributed by atoms with Gasteiger partial charge in [-0.1, -0.05) is 0 Å². The van der Waals surface area contributed by atoms with Crippen LogP contribution in [-0.4, -0.2) is 37.5 Å². The molecule has 1 unspecified atom stereocenters. The summed E-state index contributed by atoms with van der Waals surface area (Å²) in [6.45, 7) is 4.56. The average molecular weight is 353 g/mol. The molecule has 1 fully saturated rings. The molecule has 6 heteroatoms. The average Bonchev–Trinajstić information content (AvgIpc) is 3.06. The Morgan fingerprint density at radius 2 is 2.24 bits per heavy atom. The van der Waals surface area contributed by atoms with Crippen molar-refractivity contribution in [2.75, 3.05) is 29.9 Å². The zero-order valence-electron chi connectivity index (χ0n) is 11.8. The van der Waals surface area contributed by atoms with Crippen molar-refractivity contribution in [3.63, 3.8) is 0 Å². The largest absolute Gasteiger partial charge is 0.376 e. The van der Waals surface area contributed by atoms with Crippen molar-refractivity contribution in [3.8, 4) is 0 Å². The van der Waals surface area contributed by atoms with Gasteiger partial charge in [-0.2, -0.15) is 0 Å². The summed E-state index contributed by atoms with van der Waals surface area (Å²) in [6, 6.07) is 3.59. The molecule has 5 nitrogen and oxygen atoms in total. The SMILES string of the molecule is CCN(CC1CCCO1)c1cc2c(cc1Br)C(=O)C(=O)N2. The lowest BCUT2D eigenvalue weighted by atomic mass is 10.1. The number of ketones is 1. The van der Waals surface area contributed by atoms with Crippen LogP contribution in [0.5, 0.6) is 0 Å². The molecule has 1 aromatic rings. The smallest absolute Gasteiger partial charge is 0.296 e. The second kappa shape index (κ2) is 5.77. The second-order valence-electron chi connectivity index (χ2n) is 5.31. The molecule has 1 saturated heterocycles. The number of benzene rings is 1. The number of Topliss-reactive ketones (excluding diaryl/α,β-unsaturated/α-hetero) is 1. The van der Waals surface area contributed by atoms with Gasteiger partial charge in [0.1, 0.15) is 0 Å². The standard InChI is InChI=1S/C15H17BrN2O3/c1-2-18(8-9-4-3-5-21-9)13-7-12-10(6-11(13)16)14(19)15(20)17-12/h6-7,9H,2-5,8H2,1H3,(H,17,19,20). The van der Waals surface area contributed by atoms with Crippen LogP contribution in [0.2, 0.25) is 0 Å². The molecule has 1 atom stereocenters. The Bertz CT molecular complexity index is 597. The second-order valence-corrected chi connectivity index (χ2v) is 6.16. The Labute approximate surface area is 131 Å². The van der Waals surface area contributed by atoms with Crippen molar-refractivity contribution in [3.05, 3.63) is 22.2 Å². The number of carbonyl (C=O) groups excluding carboxylic acids is 2. The molecule has 0 spiro atoms. The molecular formula is C15H17BrN2O3. The van der Waals surface area contributed by atoms with E-state index in [9.17, 15) is 9.59 Å². The maximum Gasteiger partial charge on any atom is 0.296 e. The summed E-state index contributed by atoms with van der Waals surface area (Å²) in [6.07, 6.45) is 2.44. The molecule has 0 saturated carbocycles. The number of anilines is 2. The summed E-state index contributed by atoms with van der Waals surface area (Å²) < 4.78 is 6.52. The number of likely N-dealkylation sites (N-methyl/N-ethyl adjacent to an activating group) is 1. The number of amides is 1. The molecule has 1 N–H and O–H groups in total. The number of ether oxygens (including phenoxy) is 1. The molecule has 3 rings (SSSR count). The zero-order valence-corrected chi connectivity index (χ0v) is 13.4. The number of hydrogen-bond donors (Lipinski definition) is 1. The van der Waals surface area contributed by atoms with Gasteiger partial charge in [-0.3, -0.25) is 9.59 Å². The minimum absolute atomic E-state index is 0.251. The molecule has 0 aromatic heterocycles. The summed E-state index contributed by atoms with van der Waals surface area (Å²) in [5, 5.41) is 2.62. The third-order valence-electron chi connectivity index (χ3n) is 3.96. The highest BCUT2D eigenvalue weighted by molar-refractivity contribution is 9.10. The third-order valence-corrected chi connectivity index (χ3v) is 4.59. The van der Waals surface area contributed by atoms with Gasteiger partial charge in [0.05, 0.1) is 23.0 Å². The number of carbonyl (C=O) groups is 2. The predicted molar refractivity (Wildman–Crippen MR) is 84.0 cm³/mol. The molecule has 1 amide bonds. The number of fused-ring (bicyclic) bond motifs is 1. The quantitative estimate of drug-likeness (QED) is 0.846. The van der Waals surface area contributed by atoms with Gasteiger partial charge in [0.25, 0.3) is 11.7 Å². The minimum atomic E-state index is -0.559. The predicted octanol–water partition coefficient (Wildman–Crippen LogP) is 2.59. The molecule has 0 radical (unpaired) electrons. The first-order valence-electron chi connectivity index (χ1n) is 7.16. The summed E-state index contributed by atoms with van der Waals surface area (Å²) in [5.74, 6) is -1.03. The molecule has 112 valence electrons. The maximum absolute atomic E-state index is 11.7. The Balaban J connectivity index is 1.88. The van der Waals surface area contributed by atoms with E-state index in [2.05, 4.69) is 33.1 Å². The van der Waals surface area contributed by atoms with Crippen LogP contribution in [0, 0.1) is 0 Å². The van der Waals surface area contributed by atoms with Crippen molar-refractivity contribution < 1.29 is 14.3 Å². The van der Waals surface area contributed by atoms with Gasteiger partial charge in [-0.25, -0.2) is 0 Å². The highest BCUT2D eigenvalue weighted by atomic mass is 79.9. The lowest BCUT2D eigenvalue weighted by Crippen LogP contribution is -2.32. The van der Waals surface area contributed by atoms with Crippen LogP contribution >= 0.6 is 15.9 Å². The molecule has 2 heterocycles. The highest BCUT2D eigenvalue weighted by Crippen LogP contribution is 2.35. The van der Waals surface area contributed by atoms with Crippen LogP contribution in [0.1, 0.15) is 30.1 Å². The summed E-state index contributed by atoms with van der Waals surface area (Å²) in [4.78, 5) is 25.4. The monoisotopic (exact) mass is 352 g/mol. The van der Waals surface area contributed by atoms with Gasteiger partial charge in [0.2, 0.25) is 0 Å². The number of nitrogens with one attached hydrogen (secondary N) is 1. The van der Waals surface area contributed by atoms with Crippen LogP contribution in [0.25, 0.3) is 0 Å². The highest BCUT2D eigenvalue weighted by Gasteiger charge is 2.30. The summed E-state index contributed by atoms with van der Waals surface area (Å²) >= 11 is 3.51. The Morgan fingerprint density at radius 1 is 1.43 bits per heavy atom. The first-order chi connectivity index (χ1) is 10.1. The van der Waals surface area contributed by atoms with Gasteiger partial charge < -0.3 is 15.0 Å². The maximum atomic E-state index is 11.7. The van der Waals surface area contributed by atoms with E-state index < -0.39 is 11.7 Å². The van der Waals surface area contributed by atoms with Crippen LogP contribution in [0.3, 0.4) is 0 Å². The fourth-order valence-corrected chi connectivity index (χ4v) is 3.42. The first-order valence-corrected chi connectivity index (χ1v) is 7.95. The molecule has 2 aliphatic heterocycles. The molecule has 2 aliphatic rings. The summed E-state index contributed by atoms with van der Waals surface area (Å²) in [5.41, 5.74) is 2.00. The Morgan fingerprint density at radius 3 is 2.90 bits per heavy atom. The zero-order chi connectivity index (χ0) is 15.0. The van der Waals surface area contributed by atoms with E-state index in [0.29, 0.717) is 11.3 Å². The van der Waals surface area contributed by atoms with Gasteiger partial charge in [-0.05, 0) is 47.8 Å². The summed E-state index contributed by atoms with van der Waals surface area (Å²) in [7, 11) is 0. The molecular weight excluding hydrogens is 336 g/mol. The van der Waals surface area contributed by atoms with E-state index in [4.69, 9.17) is 4.74 Å². The normalized spacial score (nSPS) is 20.6. The molecule has 21 heavy (non-hydrogen) atoms. The van der Waals surface area contributed by atoms with Crippen molar-refractivity contribution in [1.29, 1.82) is 0 Å². The van der Waals surface area contributed by atoms with Gasteiger partial charge in [0.15, 0.2) is 0 Å². The van der Waals surface area contributed by atoms with Gasteiger partial charge in [0, 0.05) is 24.2 Å². The lowest BCUT2D eigenvalue weighted by Gasteiger charge is -2.27. The number of rotatable bonds is 4. The molecule has 0 bridgehead atoms. The first kappa shape index (κ1) is 14.5. The van der Waals surface area contributed by atoms with Crippen molar-refractivity contribution >= 4 is 39.0 Å². The minimum Gasteiger partial charge on any atom is -0.376 e.